The molecule has 3 aliphatic heterocycles. The first kappa shape index (κ1) is 40.0. The van der Waals surface area contributed by atoms with E-state index in [0.717, 1.165) is 18.2 Å². The summed E-state index contributed by atoms with van der Waals surface area (Å²) in [5.74, 6) is -3.19. The molecule has 55 heavy (non-hydrogen) atoms. The third-order valence-electron chi connectivity index (χ3n) is 10.6. The molecule has 1 saturated heterocycles. The highest BCUT2D eigenvalue weighted by Gasteiger charge is 2.64. The summed E-state index contributed by atoms with van der Waals surface area (Å²) >= 11 is 0. The van der Waals surface area contributed by atoms with Gasteiger partial charge in [0.2, 0.25) is 11.8 Å². The Balaban J connectivity index is 1.45. The van der Waals surface area contributed by atoms with E-state index in [9.17, 15) is 32.3 Å². The lowest BCUT2D eigenvalue weighted by molar-refractivity contribution is -0.150. The van der Waals surface area contributed by atoms with Gasteiger partial charge in [0.1, 0.15) is 40.2 Å². The van der Waals surface area contributed by atoms with Gasteiger partial charge in [-0.1, -0.05) is 25.0 Å². The molecular weight excluding hydrogens is 728 g/mol. The van der Waals surface area contributed by atoms with E-state index in [1.54, 1.807) is 27.7 Å². The molecular formula is C39H48F4N4O8. The first-order valence-electron chi connectivity index (χ1n) is 18.7. The first-order valence-corrected chi connectivity index (χ1v) is 18.7. The van der Waals surface area contributed by atoms with Crippen LogP contribution in [0, 0.1) is 5.92 Å². The number of methoxy groups -OCH3 is 1. The Bertz CT molecular complexity index is 1900. The molecule has 0 radical (unpaired) electrons. The van der Waals surface area contributed by atoms with E-state index in [-0.39, 0.29) is 41.7 Å². The van der Waals surface area contributed by atoms with Crippen LogP contribution < -0.4 is 20.1 Å². The summed E-state index contributed by atoms with van der Waals surface area (Å²) in [6, 6.07) is 1.44. The Kier molecular flexibility index (Phi) is 10.5. The van der Waals surface area contributed by atoms with Crippen LogP contribution in [0.1, 0.15) is 97.2 Å². The number of halogens is 4. The number of nitrogens with zero attached hydrogens (tertiary/aromatic N) is 2. The van der Waals surface area contributed by atoms with Crippen LogP contribution in [0.4, 0.5) is 22.4 Å². The predicted octanol–water partition coefficient (Wildman–Crippen LogP) is 6.42. The van der Waals surface area contributed by atoms with Crippen molar-refractivity contribution in [2.24, 2.45) is 5.92 Å². The SMILES string of the molecule is CCOC(=O)[C@@]12C[C@H]1/C=C\CCCCC[C@H](NC(=O)OC(C)(C)C)C(=O)N1C[C@]3(C[C@H]1C(=O)N2)CC(C)(F)c1c(c(C(F)(F)F)nc2ccc(OC)cc12)O3. The number of allylic oxidation sites excluding steroid dienone is 1. The maximum Gasteiger partial charge on any atom is 0.437 e. The van der Waals surface area contributed by atoms with Crippen LogP contribution in [0.3, 0.4) is 0 Å². The molecule has 300 valence electrons. The molecule has 1 aliphatic carbocycles. The van der Waals surface area contributed by atoms with Crippen LogP contribution in [0.25, 0.3) is 10.9 Å². The van der Waals surface area contributed by atoms with E-state index in [4.69, 9.17) is 18.9 Å². The van der Waals surface area contributed by atoms with Gasteiger partial charge in [0.25, 0.3) is 0 Å². The Morgan fingerprint density at radius 2 is 1.87 bits per heavy atom. The zero-order valence-electron chi connectivity index (χ0n) is 31.9. The van der Waals surface area contributed by atoms with Crippen LogP contribution >= 0.6 is 0 Å². The van der Waals surface area contributed by atoms with E-state index in [0.29, 0.717) is 19.3 Å². The Morgan fingerprint density at radius 1 is 1.13 bits per heavy atom. The molecule has 2 fully saturated rings. The number of aromatic nitrogens is 1. The van der Waals surface area contributed by atoms with Gasteiger partial charge in [0, 0.05) is 29.7 Å². The number of fused-ring (bicyclic) bond motifs is 5. The van der Waals surface area contributed by atoms with E-state index < -0.39 is 101 Å². The van der Waals surface area contributed by atoms with Gasteiger partial charge in [-0.25, -0.2) is 19.0 Å². The highest BCUT2D eigenvalue weighted by Crippen LogP contribution is 2.56. The van der Waals surface area contributed by atoms with Crippen LogP contribution in [0.15, 0.2) is 30.4 Å². The smallest absolute Gasteiger partial charge is 0.437 e. The summed E-state index contributed by atoms with van der Waals surface area (Å²) in [5, 5.41) is 5.49. The van der Waals surface area contributed by atoms with Crippen molar-refractivity contribution >= 4 is 34.8 Å². The van der Waals surface area contributed by atoms with Gasteiger partial charge in [-0.15, -0.1) is 0 Å². The average Bonchev–Trinajstić information content (AvgIpc) is 3.66. The van der Waals surface area contributed by atoms with E-state index >= 15 is 4.39 Å². The summed E-state index contributed by atoms with van der Waals surface area (Å²) in [6.45, 7) is 7.26. The molecule has 1 spiro atoms. The summed E-state index contributed by atoms with van der Waals surface area (Å²) in [6.07, 6.45) is -0.203. The Labute approximate surface area is 316 Å². The number of hydrogen-bond donors (Lipinski definition) is 2. The topological polar surface area (TPSA) is 145 Å². The predicted molar refractivity (Wildman–Crippen MR) is 191 cm³/mol. The lowest BCUT2D eigenvalue weighted by Gasteiger charge is -2.42. The number of benzene rings is 1. The number of rotatable bonds is 4. The molecule has 4 aliphatic rings. The molecule has 12 nitrogen and oxygen atoms in total. The second-order valence-corrected chi connectivity index (χ2v) is 16.1. The highest BCUT2D eigenvalue weighted by molar-refractivity contribution is 5.97. The van der Waals surface area contributed by atoms with Crippen LogP contribution in [-0.4, -0.2) is 82.8 Å². The number of carbonyl (C=O) groups excluding carboxylic acids is 4. The summed E-state index contributed by atoms with van der Waals surface area (Å²) < 4.78 is 84.0. The van der Waals surface area contributed by atoms with Crippen molar-refractivity contribution in [1.82, 2.24) is 20.5 Å². The molecule has 16 heteroatoms. The molecule has 1 aromatic carbocycles. The number of ether oxygens (including phenoxy) is 4. The normalized spacial score (nSPS) is 30.4. The number of amides is 3. The van der Waals surface area contributed by atoms with Crippen molar-refractivity contribution in [2.45, 2.75) is 127 Å². The summed E-state index contributed by atoms with van der Waals surface area (Å²) in [5.41, 5.74) is -8.68. The number of alkyl halides is 4. The van der Waals surface area contributed by atoms with Gasteiger partial charge < -0.3 is 34.5 Å². The third-order valence-corrected chi connectivity index (χ3v) is 10.6. The molecule has 1 aromatic heterocycles. The first-order chi connectivity index (χ1) is 25.7. The van der Waals surface area contributed by atoms with Crippen LogP contribution in [-0.2, 0) is 35.7 Å². The highest BCUT2D eigenvalue weighted by atomic mass is 19.4. The summed E-state index contributed by atoms with van der Waals surface area (Å²) in [7, 11) is 1.36. The van der Waals surface area contributed by atoms with Gasteiger partial charge >= 0.3 is 18.2 Å². The monoisotopic (exact) mass is 776 g/mol. The molecule has 3 amide bonds. The molecule has 0 bridgehead atoms. The minimum atomic E-state index is -5.08. The zero-order chi connectivity index (χ0) is 40.1. The summed E-state index contributed by atoms with van der Waals surface area (Å²) in [4.78, 5) is 60.4. The van der Waals surface area contributed by atoms with E-state index in [1.807, 2.05) is 12.2 Å². The molecule has 6 rings (SSSR count). The lowest BCUT2D eigenvalue weighted by Crippen LogP contribution is -2.57. The van der Waals surface area contributed by atoms with Crippen LogP contribution in [0.5, 0.6) is 11.5 Å². The van der Waals surface area contributed by atoms with E-state index in [1.165, 1.54) is 25.3 Å². The van der Waals surface area contributed by atoms with Crippen molar-refractivity contribution in [3.05, 3.63) is 41.6 Å². The molecule has 4 heterocycles. The molecule has 6 atom stereocenters. The molecule has 1 unspecified atom stereocenters. The van der Waals surface area contributed by atoms with Gasteiger partial charge in [-0.05, 0) is 78.5 Å². The fraction of sp³-hybridized carbons (Fsp3) is 0.615. The maximum absolute atomic E-state index is 17.4. The average molecular weight is 777 g/mol. The van der Waals surface area contributed by atoms with Crippen molar-refractivity contribution < 1.29 is 55.7 Å². The Hall–Kier alpha value is -4.63. The van der Waals surface area contributed by atoms with Gasteiger partial charge in [-0.3, -0.25) is 9.59 Å². The minimum absolute atomic E-state index is 0.0422. The molecule has 1 saturated carbocycles. The standard InChI is InChI=1S/C39H48F4N4O8/c1-7-53-33(50)38-18-22(38)13-11-9-8-10-12-14-26(45-34(51)55-35(2,3)4)32(49)47-21-37(19-27(47)31(48)46-38)20-36(5,40)28-24-17-23(52-6)15-16-25(24)44-30(29(28)54-37)39(41,42)43/h11,13,15-17,22,26-27H,7-10,12,14,18-21H2,1-6H3,(H,45,51)(H,46,48)/b13-11-/t22-,26+,27+,36?,37+,38-/m1/s1. The van der Waals surface area contributed by atoms with Crippen molar-refractivity contribution in [2.75, 3.05) is 20.3 Å². The number of pyridine rings is 1. The number of hydrogen-bond acceptors (Lipinski definition) is 9. The van der Waals surface area contributed by atoms with Crippen LogP contribution in [0.2, 0.25) is 0 Å². The van der Waals surface area contributed by atoms with Gasteiger partial charge in [0.05, 0.1) is 25.8 Å². The second-order valence-electron chi connectivity index (χ2n) is 16.1. The lowest BCUT2D eigenvalue weighted by atomic mass is 9.78. The fourth-order valence-corrected chi connectivity index (χ4v) is 8.19. The Morgan fingerprint density at radius 3 is 2.55 bits per heavy atom. The van der Waals surface area contributed by atoms with Gasteiger partial charge in [0.15, 0.2) is 11.4 Å². The van der Waals surface area contributed by atoms with Crippen molar-refractivity contribution in [3.8, 4) is 11.5 Å². The fourth-order valence-electron chi connectivity index (χ4n) is 8.19. The number of carbonyl (C=O) groups is 4. The number of alkyl carbamates (subject to hydrolysis) is 1. The van der Waals surface area contributed by atoms with Crippen molar-refractivity contribution in [1.29, 1.82) is 0 Å². The second kappa shape index (κ2) is 14.5. The van der Waals surface area contributed by atoms with Crippen molar-refractivity contribution in [3.63, 3.8) is 0 Å². The molecule has 2 N–H and O–H groups in total. The largest absolute Gasteiger partial charge is 0.497 e. The molecule has 2 aromatic rings. The zero-order valence-corrected chi connectivity index (χ0v) is 31.9. The maximum atomic E-state index is 17.4. The minimum Gasteiger partial charge on any atom is -0.497 e. The number of esters is 1. The number of nitrogens with one attached hydrogen (secondary N) is 2. The third kappa shape index (κ3) is 8.04. The quantitative estimate of drug-likeness (QED) is 0.204. The van der Waals surface area contributed by atoms with Gasteiger partial charge in [-0.2, -0.15) is 13.2 Å². The van der Waals surface area contributed by atoms with E-state index in [2.05, 4.69) is 15.6 Å².